The van der Waals surface area contributed by atoms with Crippen molar-refractivity contribution in [1.29, 1.82) is 0 Å². The van der Waals surface area contributed by atoms with Crippen LogP contribution in [0, 0.1) is 0 Å². The van der Waals surface area contributed by atoms with Gasteiger partial charge in [-0.05, 0) is 32.0 Å². The van der Waals surface area contributed by atoms with Crippen LogP contribution in [-0.2, 0) is 10.2 Å². The average Bonchev–Trinajstić information content (AvgIpc) is 2.14. The van der Waals surface area contributed by atoms with Crippen LogP contribution in [0.3, 0.4) is 0 Å². The first-order valence-electron chi connectivity index (χ1n) is 5.05. The number of nitrogen functional groups attached to an aromatic ring is 1. The number of nitrogens with zero attached hydrogens (tertiary/aromatic N) is 1. The number of rotatable bonds is 4. The van der Waals surface area contributed by atoms with E-state index in [0.717, 1.165) is 8.78 Å². The van der Waals surface area contributed by atoms with Crippen LogP contribution in [0.2, 0.25) is 0 Å². The number of hydrogen-bond donors (Lipinski definition) is 2. The van der Waals surface area contributed by atoms with Crippen LogP contribution in [-0.4, -0.2) is 21.5 Å². The van der Waals surface area contributed by atoms with Crippen LogP contribution in [0.4, 0.5) is 11.4 Å². The van der Waals surface area contributed by atoms with Gasteiger partial charge >= 0.3 is 10.2 Å². The van der Waals surface area contributed by atoms with Gasteiger partial charge in [0.05, 0.1) is 11.4 Å². The van der Waals surface area contributed by atoms with Crippen molar-refractivity contribution in [3.05, 3.63) is 22.7 Å². The highest BCUT2D eigenvalue weighted by Crippen LogP contribution is 2.27. The molecule has 5 nitrogen and oxygen atoms in total. The third kappa shape index (κ3) is 3.58. The molecule has 17 heavy (non-hydrogen) atoms. The molecule has 96 valence electrons. The quantitative estimate of drug-likeness (QED) is 0.829. The monoisotopic (exact) mass is 321 g/mol. The van der Waals surface area contributed by atoms with Crippen LogP contribution in [0.15, 0.2) is 22.7 Å². The molecule has 0 radical (unpaired) electrons. The summed E-state index contributed by atoms with van der Waals surface area (Å²) in [6.07, 6.45) is 0. The molecule has 0 fully saturated rings. The van der Waals surface area contributed by atoms with E-state index in [0.29, 0.717) is 11.4 Å². The average molecular weight is 322 g/mol. The van der Waals surface area contributed by atoms with E-state index in [9.17, 15) is 8.42 Å². The zero-order valence-corrected chi connectivity index (χ0v) is 12.3. The summed E-state index contributed by atoms with van der Waals surface area (Å²) in [5.41, 5.74) is 6.63. The van der Waals surface area contributed by atoms with E-state index in [1.165, 1.54) is 7.05 Å². The van der Waals surface area contributed by atoms with Crippen molar-refractivity contribution >= 4 is 37.5 Å². The Morgan fingerprint density at radius 2 is 2.00 bits per heavy atom. The minimum atomic E-state index is -3.56. The lowest BCUT2D eigenvalue weighted by Crippen LogP contribution is -2.41. The summed E-state index contributed by atoms with van der Waals surface area (Å²) in [4.78, 5) is 0. The molecule has 1 rings (SSSR count). The SMILES string of the molecule is CC(C)NS(=O)(=O)N(C)c1ccc(Br)cc1N. The maximum atomic E-state index is 11.9. The molecular weight excluding hydrogens is 306 g/mol. The minimum absolute atomic E-state index is 0.167. The summed E-state index contributed by atoms with van der Waals surface area (Å²) in [6, 6.07) is 4.89. The standard InChI is InChI=1S/C10H16BrN3O2S/c1-7(2)13-17(15,16)14(3)10-5-4-8(11)6-9(10)12/h4-7,13H,12H2,1-3H3. The molecule has 1 aromatic rings. The van der Waals surface area contributed by atoms with Crippen molar-refractivity contribution in [3.63, 3.8) is 0 Å². The molecule has 0 heterocycles. The van der Waals surface area contributed by atoms with Gasteiger partial charge in [0.2, 0.25) is 0 Å². The topological polar surface area (TPSA) is 75.4 Å². The van der Waals surface area contributed by atoms with Gasteiger partial charge in [0.15, 0.2) is 0 Å². The first kappa shape index (κ1) is 14.3. The van der Waals surface area contributed by atoms with Gasteiger partial charge in [0, 0.05) is 17.6 Å². The number of hydrogen-bond acceptors (Lipinski definition) is 3. The third-order valence-electron chi connectivity index (χ3n) is 2.07. The Hall–Kier alpha value is -0.790. The van der Waals surface area contributed by atoms with Crippen LogP contribution in [0.5, 0.6) is 0 Å². The fourth-order valence-electron chi connectivity index (χ4n) is 1.32. The Balaban J connectivity index is 3.08. The highest BCUT2D eigenvalue weighted by atomic mass is 79.9. The van der Waals surface area contributed by atoms with E-state index >= 15 is 0 Å². The van der Waals surface area contributed by atoms with Gasteiger partial charge in [-0.3, -0.25) is 4.31 Å². The molecule has 0 saturated heterocycles. The number of nitrogens with two attached hydrogens (primary N) is 1. The fraction of sp³-hybridized carbons (Fsp3) is 0.400. The first-order valence-corrected chi connectivity index (χ1v) is 7.28. The van der Waals surface area contributed by atoms with Crippen LogP contribution >= 0.6 is 15.9 Å². The zero-order valence-electron chi connectivity index (χ0n) is 9.94. The molecule has 0 aliphatic carbocycles. The highest BCUT2D eigenvalue weighted by molar-refractivity contribution is 9.10. The highest BCUT2D eigenvalue weighted by Gasteiger charge is 2.20. The van der Waals surface area contributed by atoms with Crippen molar-refractivity contribution in [2.75, 3.05) is 17.1 Å². The van der Waals surface area contributed by atoms with E-state index < -0.39 is 10.2 Å². The van der Waals surface area contributed by atoms with Gasteiger partial charge in [-0.25, -0.2) is 0 Å². The molecule has 0 aliphatic heterocycles. The van der Waals surface area contributed by atoms with Crippen molar-refractivity contribution < 1.29 is 8.42 Å². The molecule has 7 heteroatoms. The number of nitrogens with one attached hydrogen (secondary N) is 1. The number of halogens is 1. The summed E-state index contributed by atoms with van der Waals surface area (Å²) in [6.45, 7) is 3.52. The molecule has 0 amide bonds. The second-order valence-corrected chi connectivity index (χ2v) is 6.60. The van der Waals surface area contributed by atoms with Gasteiger partial charge in [0.1, 0.15) is 0 Å². The van der Waals surface area contributed by atoms with Gasteiger partial charge in [0.25, 0.3) is 0 Å². The van der Waals surface area contributed by atoms with E-state index in [1.807, 2.05) is 0 Å². The number of benzene rings is 1. The molecule has 0 aromatic heterocycles. The largest absolute Gasteiger partial charge is 0.397 e. The molecule has 0 atom stereocenters. The lowest BCUT2D eigenvalue weighted by atomic mass is 10.3. The normalized spacial score (nSPS) is 11.8. The summed E-state index contributed by atoms with van der Waals surface area (Å²) < 4.78 is 28.3. The van der Waals surface area contributed by atoms with Crippen molar-refractivity contribution in [2.24, 2.45) is 0 Å². The summed E-state index contributed by atoms with van der Waals surface area (Å²) in [5.74, 6) is 0. The van der Waals surface area contributed by atoms with Crippen LogP contribution < -0.4 is 14.8 Å². The second-order valence-electron chi connectivity index (χ2n) is 3.95. The molecule has 0 saturated carbocycles. The molecule has 0 spiro atoms. The van der Waals surface area contributed by atoms with Gasteiger partial charge in [-0.2, -0.15) is 13.1 Å². The van der Waals surface area contributed by atoms with Crippen molar-refractivity contribution in [2.45, 2.75) is 19.9 Å². The van der Waals surface area contributed by atoms with E-state index in [4.69, 9.17) is 5.73 Å². The van der Waals surface area contributed by atoms with Crippen LogP contribution in [0.1, 0.15) is 13.8 Å². The summed E-state index contributed by atoms with van der Waals surface area (Å²) in [7, 11) is -2.10. The molecule has 0 unspecified atom stereocenters. The third-order valence-corrected chi connectivity index (χ3v) is 4.25. The minimum Gasteiger partial charge on any atom is -0.397 e. The lowest BCUT2D eigenvalue weighted by molar-refractivity contribution is 0.568. The van der Waals surface area contributed by atoms with Crippen molar-refractivity contribution in [3.8, 4) is 0 Å². The molecular formula is C10H16BrN3O2S. The summed E-state index contributed by atoms with van der Waals surface area (Å²) >= 11 is 3.27. The Labute approximate surface area is 110 Å². The van der Waals surface area contributed by atoms with Crippen molar-refractivity contribution in [1.82, 2.24) is 4.72 Å². The molecule has 0 aliphatic rings. The summed E-state index contributed by atoms with van der Waals surface area (Å²) in [5, 5.41) is 0. The smallest absolute Gasteiger partial charge is 0.301 e. The van der Waals surface area contributed by atoms with E-state index in [-0.39, 0.29) is 6.04 Å². The molecule has 0 bridgehead atoms. The van der Waals surface area contributed by atoms with Gasteiger partial charge < -0.3 is 5.73 Å². The van der Waals surface area contributed by atoms with E-state index in [1.54, 1.807) is 32.0 Å². The fourth-order valence-corrected chi connectivity index (χ4v) is 2.88. The maximum Gasteiger partial charge on any atom is 0.301 e. The zero-order chi connectivity index (χ0) is 13.2. The van der Waals surface area contributed by atoms with Crippen LogP contribution in [0.25, 0.3) is 0 Å². The number of anilines is 2. The predicted molar refractivity (Wildman–Crippen MR) is 74.1 cm³/mol. The Morgan fingerprint density at radius 1 is 1.41 bits per heavy atom. The molecule has 3 N–H and O–H groups in total. The second kappa shape index (κ2) is 5.24. The Bertz CT molecular complexity index is 502. The predicted octanol–water partition coefficient (Wildman–Crippen LogP) is 1.71. The maximum absolute atomic E-state index is 11.9. The first-order chi connectivity index (χ1) is 7.74. The lowest BCUT2D eigenvalue weighted by Gasteiger charge is -2.22. The Kier molecular flexibility index (Phi) is 4.40. The molecule has 1 aromatic carbocycles. The van der Waals surface area contributed by atoms with Gasteiger partial charge in [-0.15, -0.1) is 0 Å². The Morgan fingerprint density at radius 3 is 2.47 bits per heavy atom. The van der Waals surface area contributed by atoms with E-state index in [2.05, 4.69) is 20.7 Å². The van der Waals surface area contributed by atoms with Gasteiger partial charge in [-0.1, -0.05) is 15.9 Å².